The van der Waals surface area contributed by atoms with E-state index in [2.05, 4.69) is 32.6 Å². The quantitative estimate of drug-likeness (QED) is 0.522. The van der Waals surface area contributed by atoms with Gasteiger partial charge in [-0.2, -0.15) is 0 Å². The molecule has 0 aliphatic rings. The van der Waals surface area contributed by atoms with E-state index in [0.717, 1.165) is 25.9 Å². The summed E-state index contributed by atoms with van der Waals surface area (Å²) < 4.78 is 5.81. The summed E-state index contributed by atoms with van der Waals surface area (Å²) in [6, 6.07) is 0. The molecule has 0 aliphatic carbocycles. The van der Waals surface area contributed by atoms with E-state index in [1.165, 1.54) is 0 Å². The van der Waals surface area contributed by atoms with E-state index in [4.69, 9.17) is 10.1 Å². The van der Waals surface area contributed by atoms with E-state index in [0.29, 0.717) is 12.4 Å². The summed E-state index contributed by atoms with van der Waals surface area (Å²) in [7, 11) is 0. The zero-order chi connectivity index (χ0) is 11.9. The first kappa shape index (κ1) is 14.4. The molecule has 0 saturated carbocycles. The van der Waals surface area contributed by atoms with E-state index in [-0.39, 0.29) is 5.60 Å². The van der Waals surface area contributed by atoms with Crippen molar-refractivity contribution >= 4 is 5.84 Å². The van der Waals surface area contributed by atoms with Crippen molar-refractivity contribution in [1.29, 1.82) is 5.41 Å². The lowest BCUT2D eigenvalue weighted by Crippen LogP contribution is -2.49. The van der Waals surface area contributed by atoms with Crippen LogP contribution in [0.15, 0.2) is 0 Å². The molecule has 3 heteroatoms. The van der Waals surface area contributed by atoms with Crippen molar-refractivity contribution in [1.82, 2.24) is 4.90 Å². The third-order valence-electron chi connectivity index (χ3n) is 3.07. The van der Waals surface area contributed by atoms with Gasteiger partial charge in [-0.25, -0.2) is 0 Å². The maximum atomic E-state index is 8.26. The van der Waals surface area contributed by atoms with E-state index in [1.54, 1.807) is 0 Å². The van der Waals surface area contributed by atoms with Crippen molar-refractivity contribution in [2.24, 2.45) is 0 Å². The maximum Gasteiger partial charge on any atom is 0.129 e. The summed E-state index contributed by atoms with van der Waals surface area (Å²) in [5.74, 6) is 0.638. The summed E-state index contributed by atoms with van der Waals surface area (Å²) in [4.78, 5) is 2.07. The van der Waals surface area contributed by atoms with Gasteiger partial charge in [-0.3, -0.25) is 5.41 Å². The van der Waals surface area contributed by atoms with E-state index in [1.807, 2.05) is 6.92 Å². The molecular weight excluding hydrogens is 188 g/mol. The first-order valence-corrected chi connectivity index (χ1v) is 6.09. The Morgan fingerprint density at radius 2 is 1.53 bits per heavy atom. The molecule has 0 spiro atoms. The minimum Gasteiger partial charge on any atom is -0.367 e. The Balaban J connectivity index is 4.80. The fourth-order valence-corrected chi connectivity index (χ4v) is 1.96. The molecule has 0 atom stereocenters. The lowest BCUT2D eigenvalue weighted by molar-refractivity contribution is 0.0000740. The molecule has 1 N–H and O–H groups in total. The predicted molar refractivity (Wildman–Crippen MR) is 65.6 cm³/mol. The molecule has 0 aromatic rings. The molecule has 0 heterocycles. The molecular formula is C12H26N2O. The molecule has 0 aliphatic heterocycles. The Morgan fingerprint density at radius 3 is 1.80 bits per heavy atom. The summed E-state index contributed by atoms with van der Waals surface area (Å²) in [6.07, 6.45) is 1.74. The third kappa shape index (κ3) is 3.20. The molecule has 0 rings (SSSR count). The fourth-order valence-electron chi connectivity index (χ4n) is 1.96. The van der Waals surface area contributed by atoms with Crippen LogP contribution >= 0.6 is 0 Å². The topological polar surface area (TPSA) is 36.3 Å². The molecule has 0 saturated heterocycles. The van der Waals surface area contributed by atoms with Crippen LogP contribution in [0.2, 0.25) is 0 Å². The van der Waals surface area contributed by atoms with Crippen molar-refractivity contribution in [3.63, 3.8) is 0 Å². The number of ether oxygens (including phenoxy) is 1. The van der Waals surface area contributed by atoms with Crippen LogP contribution in [-0.2, 0) is 4.74 Å². The highest BCUT2D eigenvalue weighted by Gasteiger charge is 2.34. The minimum absolute atomic E-state index is 0.374. The van der Waals surface area contributed by atoms with E-state index in [9.17, 15) is 0 Å². The van der Waals surface area contributed by atoms with Gasteiger partial charge in [0, 0.05) is 19.7 Å². The van der Waals surface area contributed by atoms with Crippen LogP contribution in [-0.4, -0.2) is 36.0 Å². The van der Waals surface area contributed by atoms with Gasteiger partial charge in [0.1, 0.15) is 11.4 Å². The summed E-state index contributed by atoms with van der Waals surface area (Å²) in [6.45, 7) is 12.8. The molecule has 0 aromatic carbocycles. The second-order valence-electron chi connectivity index (χ2n) is 3.66. The average molecular weight is 214 g/mol. The zero-order valence-electron chi connectivity index (χ0n) is 10.9. The number of nitrogens with zero attached hydrogens (tertiary/aromatic N) is 1. The fraction of sp³-hybridized carbons (Fsp3) is 0.917. The van der Waals surface area contributed by atoms with E-state index >= 15 is 0 Å². The lowest BCUT2D eigenvalue weighted by atomic mass is 9.94. The number of hydrogen-bond donors (Lipinski definition) is 1. The number of hydrogen-bond acceptors (Lipinski definition) is 2. The molecule has 0 unspecified atom stereocenters. The van der Waals surface area contributed by atoms with Crippen molar-refractivity contribution in [2.45, 2.75) is 53.1 Å². The molecule has 0 amide bonds. The highest BCUT2D eigenvalue weighted by Crippen LogP contribution is 2.23. The largest absolute Gasteiger partial charge is 0.367 e. The average Bonchev–Trinajstić information content (AvgIpc) is 2.27. The Kier molecular flexibility index (Phi) is 6.57. The van der Waals surface area contributed by atoms with Crippen LogP contribution < -0.4 is 0 Å². The zero-order valence-corrected chi connectivity index (χ0v) is 10.9. The maximum absolute atomic E-state index is 8.26. The first-order chi connectivity index (χ1) is 7.11. The first-order valence-electron chi connectivity index (χ1n) is 6.09. The highest BCUT2D eigenvalue weighted by atomic mass is 16.5. The second kappa shape index (κ2) is 6.83. The van der Waals surface area contributed by atoms with Crippen LogP contribution in [0, 0.1) is 5.41 Å². The van der Waals surface area contributed by atoms with Crippen LogP contribution in [0.4, 0.5) is 0 Å². The van der Waals surface area contributed by atoms with Gasteiger partial charge in [-0.05, 0) is 33.6 Å². The van der Waals surface area contributed by atoms with Crippen molar-refractivity contribution in [2.75, 3.05) is 19.7 Å². The monoisotopic (exact) mass is 214 g/mol. The summed E-state index contributed by atoms with van der Waals surface area (Å²) in [5.41, 5.74) is -0.374. The predicted octanol–water partition coefficient (Wildman–Crippen LogP) is 2.90. The molecule has 15 heavy (non-hydrogen) atoms. The molecule has 0 fully saturated rings. The van der Waals surface area contributed by atoms with Gasteiger partial charge in [-0.1, -0.05) is 13.8 Å². The SMILES string of the molecule is CCOC(CC)(CC)C(=N)N(CC)CC. The Morgan fingerprint density at radius 1 is 1.07 bits per heavy atom. The number of nitrogens with one attached hydrogen (secondary N) is 1. The highest BCUT2D eigenvalue weighted by molar-refractivity contribution is 5.87. The smallest absolute Gasteiger partial charge is 0.129 e. The lowest BCUT2D eigenvalue weighted by Gasteiger charge is -2.37. The Bertz CT molecular complexity index is 184. The third-order valence-corrected chi connectivity index (χ3v) is 3.07. The van der Waals surface area contributed by atoms with Crippen LogP contribution in [0.25, 0.3) is 0 Å². The molecule has 90 valence electrons. The van der Waals surface area contributed by atoms with Gasteiger partial charge in [0.05, 0.1) is 0 Å². The Hall–Kier alpha value is -0.570. The standard InChI is InChI=1S/C12H26N2O/c1-6-12(7-2,15-10-5)11(13)14(8-3)9-4/h13H,6-10H2,1-5H3. The van der Waals surface area contributed by atoms with Crippen LogP contribution in [0.3, 0.4) is 0 Å². The molecule has 0 bridgehead atoms. The number of rotatable bonds is 7. The van der Waals surface area contributed by atoms with Gasteiger partial charge in [0.2, 0.25) is 0 Å². The minimum atomic E-state index is -0.374. The van der Waals surface area contributed by atoms with Gasteiger partial charge >= 0.3 is 0 Å². The normalized spacial score (nSPS) is 11.5. The number of amidine groups is 1. The van der Waals surface area contributed by atoms with Crippen molar-refractivity contribution in [3.8, 4) is 0 Å². The molecule has 0 radical (unpaired) electrons. The van der Waals surface area contributed by atoms with E-state index < -0.39 is 0 Å². The molecule has 0 aromatic heterocycles. The van der Waals surface area contributed by atoms with Gasteiger partial charge in [0.25, 0.3) is 0 Å². The van der Waals surface area contributed by atoms with Crippen molar-refractivity contribution in [3.05, 3.63) is 0 Å². The van der Waals surface area contributed by atoms with Gasteiger partial charge in [-0.15, -0.1) is 0 Å². The molecule has 3 nitrogen and oxygen atoms in total. The van der Waals surface area contributed by atoms with Crippen molar-refractivity contribution < 1.29 is 4.74 Å². The summed E-state index contributed by atoms with van der Waals surface area (Å²) in [5, 5.41) is 8.26. The van der Waals surface area contributed by atoms with Gasteiger partial charge < -0.3 is 9.64 Å². The Labute approximate surface area is 94.3 Å². The van der Waals surface area contributed by atoms with Crippen LogP contribution in [0.1, 0.15) is 47.5 Å². The van der Waals surface area contributed by atoms with Crippen LogP contribution in [0.5, 0.6) is 0 Å². The second-order valence-corrected chi connectivity index (χ2v) is 3.66. The number of likely N-dealkylation sites (N-methyl/N-ethyl adjacent to an activating group) is 1. The summed E-state index contributed by atoms with van der Waals surface area (Å²) >= 11 is 0. The van der Waals surface area contributed by atoms with Gasteiger partial charge in [0.15, 0.2) is 0 Å².